The molecule has 2 atom stereocenters. The van der Waals surface area contributed by atoms with E-state index >= 15 is 0 Å². The van der Waals surface area contributed by atoms with Crippen LogP contribution in [0.1, 0.15) is 20.3 Å². The molecule has 0 aliphatic carbocycles. The van der Waals surface area contributed by atoms with E-state index in [9.17, 15) is 4.79 Å². The number of carbonyl (C=O) groups excluding carboxylic acids is 1. The van der Waals surface area contributed by atoms with E-state index < -0.39 is 0 Å². The molecule has 5 heteroatoms. The zero-order valence-corrected chi connectivity index (χ0v) is 12.7. The lowest BCUT2D eigenvalue weighted by molar-refractivity contribution is -0.135. The van der Waals surface area contributed by atoms with E-state index in [1.165, 1.54) is 0 Å². The third kappa shape index (κ3) is 4.11. The Morgan fingerprint density at radius 1 is 1.29 bits per heavy atom. The van der Waals surface area contributed by atoms with E-state index in [1.807, 2.05) is 38.1 Å². The fourth-order valence-electron chi connectivity index (χ4n) is 2.42. The molecule has 1 aromatic rings. The van der Waals surface area contributed by atoms with E-state index in [-0.39, 0.29) is 17.9 Å². The first-order chi connectivity index (χ1) is 10.1. The first kappa shape index (κ1) is 15.6. The number of hydrogen-bond donors (Lipinski definition) is 1. The largest absolute Gasteiger partial charge is 0.490 e. The van der Waals surface area contributed by atoms with E-state index in [2.05, 4.69) is 0 Å². The average Bonchev–Trinajstić information content (AvgIpc) is 2.46. The second-order valence-corrected chi connectivity index (χ2v) is 5.41. The van der Waals surface area contributed by atoms with Crippen molar-refractivity contribution in [2.45, 2.75) is 26.3 Å². The van der Waals surface area contributed by atoms with Gasteiger partial charge in [0.2, 0.25) is 5.91 Å². The van der Waals surface area contributed by atoms with Gasteiger partial charge in [0.25, 0.3) is 0 Å². The second-order valence-electron chi connectivity index (χ2n) is 5.41. The number of likely N-dealkylation sites (tertiary alicyclic amines) is 1. The monoisotopic (exact) mass is 292 g/mol. The van der Waals surface area contributed by atoms with Crippen LogP contribution >= 0.6 is 0 Å². The number of ether oxygens (including phenoxy) is 2. The van der Waals surface area contributed by atoms with Gasteiger partial charge in [0.15, 0.2) is 11.5 Å². The minimum atomic E-state index is 0.0541. The number of hydrogen-bond acceptors (Lipinski definition) is 4. The molecule has 0 aromatic heterocycles. The van der Waals surface area contributed by atoms with E-state index in [1.54, 1.807) is 4.90 Å². The molecule has 5 nitrogen and oxygen atoms in total. The number of nitrogens with two attached hydrogens (primary N) is 1. The van der Waals surface area contributed by atoms with Gasteiger partial charge >= 0.3 is 0 Å². The normalized spacial score (nSPS) is 22.2. The van der Waals surface area contributed by atoms with E-state index in [0.29, 0.717) is 38.5 Å². The minimum absolute atomic E-state index is 0.0541. The molecular weight excluding hydrogens is 268 g/mol. The molecule has 1 saturated heterocycles. The molecule has 1 aliphatic rings. The van der Waals surface area contributed by atoms with Crippen molar-refractivity contribution in [2.24, 2.45) is 11.7 Å². The summed E-state index contributed by atoms with van der Waals surface area (Å²) in [5.74, 6) is 1.86. The Morgan fingerprint density at radius 2 is 1.95 bits per heavy atom. The number of rotatable bonds is 6. The summed E-state index contributed by atoms with van der Waals surface area (Å²) in [7, 11) is 0. The number of amides is 1. The summed E-state index contributed by atoms with van der Waals surface area (Å²) >= 11 is 0. The molecule has 2 unspecified atom stereocenters. The van der Waals surface area contributed by atoms with Crippen LogP contribution in [0.25, 0.3) is 0 Å². The van der Waals surface area contributed by atoms with Gasteiger partial charge < -0.3 is 20.1 Å². The van der Waals surface area contributed by atoms with Gasteiger partial charge in [0.05, 0.1) is 13.2 Å². The van der Waals surface area contributed by atoms with Crippen molar-refractivity contribution < 1.29 is 14.3 Å². The van der Waals surface area contributed by atoms with Crippen LogP contribution in [0.2, 0.25) is 0 Å². The molecule has 0 spiro atoms. The lowest BCUT2D eigenvalue weighted by Gasteiger charge is -2.34. The summed E-state index contributed by atoms with van der Waals surface area (Å²) in [6.07, 6.45) is 0.525. The van der Waals surface area contributed by atoms with Gasteiger partial charge in [-0.15, -0.1) is 0 Å². The molecule has 2 rings (SSSR count). The van der Waals surface area contributed by atoms with E-state index in [0.717, 1.165) is 5.75 Å². The van der Waals surface area contributed by atoms with Crippen LogP contribution < -0.4 is 15.2 Å². The summed E-state index contributed by atoms with van der Waals surface area (Å²) in [5, 5.41) is 0. The molecular formula is C16H24N2O3. The van der Waals surface area contributed by atoms with Gasteiger partial charge in [-0.25, -0.2) is 0 Å². The summed E-state index contributed by atoms with van der Waals surface area (Å²) in [6, 6.07) is 7.62. The number of para-hydroxylation sites is 2. The van der Waals surface area contributed by atoms with Crippen LogP contribution in [0.3, 0.4) is 0 Å². The van der Waals surface area contributed by atoms with Crippen LogP contribution in [0.15, 0.2) is 24.3 Å². The van der Waals surface area contributed by atoms with Gasteiger partial charge in [-0.1, -0.05) is 19.1 Å². The maximum atomic E-state index is 12.0. The Balaban J connectivity index is 1.85. The average molecular weight is 292 g/mol. The van der Waals surface area contributed by atoms with Gasteiger partial charge in [-0.3, -0.25) is 4.79 Å². The predicted molar refractivity (Wildman–Crippen MR) is 81.4 cm³/mol. The van der Waals surface area contributed by atoms with Crippen molar-refractivity contribution in [3.05, 3.63) is 24.3 Å². The third-order valence-corrected chi connectivity index (χ3v) is 3.78. The fourth-order valence-corrected chi connectivity index (χ4v) is 2.42. The smallest absolute Gasteiger partial charge is 0.223 e. The summed E-state index contributed by atoms with van der Waals surface area (Å²) in [4.78, 5) is 13.7. The van der Waals surface area contributed by atoms with Crippen LogP contribution in [-0.4, -0.2) is 43.2 Å². The van der Waals surface area contributed by atoms with Gasteiger partial charge in [0, 0.05) is 19.0 Å². The van der Waals surface area contributed by atoms with Crippen molar-refractivity contribution in [1.29, 1.82) is 0 Å². The highest BCUT2D eigenvalue weighted by molar-refractivity contribution is 5.77. The Morgan fingerprint density at radius 3 is 2.62 bits per heavy atom. The molecule has 1 aromatic carbocycles. The maximum Gasteiger partial charge on any atom is 0.223 e. The van der Waals surface area contributed by atoms with Gasteiger partial charge in [-0.05, 0) is 25.0 Å². The molecule has 21 heavy (non-hydrogen) atoms. The Kier molecular flexibility index (Phi) is 5.44. The zero-order chi connectivity index (χ0) is 15.2. The highest BCUT2D eigenvalue weighted by atomic mass is 16.5. The minimum Gasteiger partial charge on any atom is -0.490 e. The molecule has 1 fully saturated rings. The summed E-state index contributed by atoms with van der Waals surface area (Å²) < 4.78 is 11.2. The van der Waals surface area contributed by atoms with Crippen molar-refractivity contribution in [3.63, 3.8) is 0 Å². The Hall–Kier alpha value is -1.75. The van der Waals surface area contributed by atoms with Crippen molar-refractivity contribution in [3.8, 4) is 11.5 Å². The maximum absolute atomic E-state index is 12.0. The molecule has 1 amide bonds. The highest BCUT2D eigenvalue weighted by Gasteiger charge is 2.28. The molecule has 0 bridgehead atoms. The second kappa shape index (κ2) is 7.31. The zero-order valence-electron chi connectivity index (χ0n) is 12.7. The standard InChI is InChI=1S/C16H24N2O3/c1-3-20-14-6-4-5-7-15(14)21-9-8-18-11-13(17)12(2)10-16(18)19/h4-7,12-13H,3,8-11,17H2,1-2H3. The number of carbonyl (C=O) groups is 1. The highest BCUT2D eigenvalue weighted by Crippen LogP contribution is 2.26. The van der Waals surface area contributed by atoms with Crippen LogP contribution in [-0.2, 0) is 4.79 Å². The quantitative estimate of drug-likeness (QED) is 0.866. The van der Waals surface area contributed by atoms with Crippen LogP contribution in [0.4, 0.5) is 0 Å². The summed E-state index contributed by atoms with van der Waals surface area (Å²) in [5.41, 5.74) is 6.02. The van der Waals surface area contributed by atoms with Gasteiger partial charge in [0.1, 0.15) is 6.61 Å². The molecule has 2 N–H and O–H groups in total. The Bertz CT molecular complexity index is 478. The first-order valence-corrected chi connectivity index (χ1v) is 7.49. The molecule has 1 heterocycles. The summed E-state index contributed by atoms with van der Waals surface area (Å²) in [6.45, 7) is 6.16. The van der Waals surface area contributed by atoms with Gasteiger partial charge in [-0.2, -0.15) is 0 Å². The van der Waals surface area contributed by atoms with Crippen molar-refractivity contribution in [2.75, 3.05) is 26.3 Å². The SMILES string of the molecule is CCOc1ccccc1OCCN1CC(N)C(C)CC1=O. The molecule has 116 valence electrons. The molecule has 0 saturated carbocycles. The van der Waals surface area contributed by atoms with Crippen molar-refractivity contribution in [1.82, 2.24) is 4.90 Å². The molecule has 0 radical (unpaired) electrons. The van der Waals surface area contributed by atoms with Crippen molar-refractivity contribution >= 4 is 5.91 Å². The predicted octanol–water partition coefficient (Wildman–Crippen LogP) is 1.66. The number of benzene rings is 1. The fraction of sp³-hybridized carbons (Fsp3) is 0.562. The first-order valence-electron chi connectivity index (χ1n) is 7.49. The third-order valence-electron chi connectivity index (χ3n) is 3.78. The Labute approximate surface area is 126 Å². The van der Waals surface area contributed by atoms with Crippen LogP contribution in [0, 0.1) is 5.92 Å². The van der Waals surface area contributed by atoms with Crippen LogP contribution in [0.5, 0.6) is 11.5 Å². The molecule has 1 aliphatic heterocycles. The number of piperidine rings is 1. The number of nitrogens with zero attached hydrogens (tertiary/aromatic N) is 1. The topological polar surface area (TPSA) is 64.8 Å². The lowest BCUT2D eigenvalue weighted by Crippen LogP contribution is -2.51. The lowest BCUT2D eigenvalue weighted by atomic mass is 9.94. The van der Waals surface area contributed by atoms with E-state index in [4.69, 9.17) is 15.2 Å².